The van der Waals surface area contributed by atoms with Gasteiger partial charge in [-0.3, -0.25) is 0 Å². The number of hydrogen-bond donors (Lipinski definition) is 12. The van der Waals surface area contributed by atoms with Crippen molar-refractivity contribution in [2.75, 3.05) is 0 Å². The Morgan fingerprint density at radius 2 is 1.04 bits per heavy atom. The van der Waals surface area contributed by atoms with Crippen LogP contribution in [0.2, 0.25) is 0 Å². The van der Waals surface area contributed by atoms with Crippen LogP contribution in [0.15, 0.2) is 150 Å². The molecule has 10 atom stereocenters. The van der Waals surface area contributed by atoms with E-state index in [1.54, 1.807) is 12.1 Å². The van der Waals surface area contributed by atoms with E-state index in [2.05, 4.69) is 0 Å². The molecule has 0 aliphatic carbocycles. The Morgan fingerprint density at radius 3 is 1.66 bits per heavy atom. The van der Waals surface area contributed by atoms with Crippen molar-refractivity contribution in [3.63, 3.8) is 0 Å². The average Bonchev–Trinajstić information content (AvgIpc) is 0.739. The number of ether oxygens (including phenoxy) is 5. The molecule has 0 fully saturated rings. The molecule has 12 N–H and O–H groups in total. The zero-order valence-corrected chi connectivity index (χ0v) is 45.4. The summed E-state index contributed by atoms with van der Waals surface area (Å²) in [5.41, 5.74) is 1.49. The number of benzene rings is 8. The second kappa shape index (κ2) is 19.0. The quantitative estimate of drug-likeness (QED) is 0.0544. The van der Waals surface area contributed by atoms with E-state index in [9.17, 15) is 61.3 Å². The maximum Gasteiger partial charge on any atom is 0.375 e. The maximum atomic E-state index is 13.6. The Balaban J connectivity index is 1.08. The third kappa shape index (κ3) is 8.00. The van der Waals surface area contributed by atoms with Crippen molar-refractivity contribution < 1.29 is 89.4 Å². The van der Waals surface area contributed by atoms with E-state index in [0.29, 0.717) is 22.3 Å². The molecular formula is C67H55O18+. The molecule has 0 saturated carbocycles. The van der Waals surface area contributed by atoms with Gasteiger partial charge in [0, 0.05) is 57.5 Å². The molecule has 18 nitrogen and oxygen atoms in total. The van der Waals surface area contributed by atoms with Crippen molar-refractivity contribution in [3.8, 4) is 91.8 Å². The SMILES string of the molecule is CC(C)(C)C1c2c(O)cc(O)c(C3c4c(O)cc5c(c4OC(c4ccc(O)c(O)c4)C3O)C3c4c6c(c7[o+]c(-c8ccccc8)ccc7c4OC(c4ccc(O)c(O)c4)(O5)C3O)C=CC(c3ccccc3)O6)c2OC(c2ccc(O)c(O)c2)C1O. The lowest BCUT2D eigenvalue weighted by Gasteiger charge is -2.51. The molecule has 18 heteroatoms. The zero-order chi connectivity index (χ0) is 59.3. The summed E-state index contributed by atoms with van der Waals surface area (Å²) < 4.78 is 41.9. The monoisotopic (exact) mass is 1150 g/mol. The molecule has 0 radical (unpaired) electrons. The molecule has 6 heterocycles. The summed E-state index contributed by atoms with van der Waals surface area (Å²) in [5.74, 6) is -11.2. The first kappa shape index (κ1) is 53.0. The van der Waals surface area contributed by atoms with Gasteiger partial charge in [0.1, 0.15) is 81.4 Å². The van der Waals surface area contributed by atoms with E-state index in [1.807, 2.05) is 93.6 Å². The van der Waals surface area contributed by atoms with Gasteiger partial charge in [0.2, 0.25) is 0 Å². The van der Waals surface area contributed by atoms with Crippen molar-refractivity contribution in [3.05, 3.63) is 201 Å². The third-order valence-corrected chi connectivity index (χ3v) is 17.1. The minimum atomic E-state index is -2.34. The lowest BCUT2D eigenvalue weighted by atomic mass is 9.67. The van der Waals surface area contributed by atoms with E-state index in [4.69, 9.17) is 28.1 Å². The number of phenolic OH excluding ortho intramolecular Hbond substituents is 9. The van der Waals surface area contributed by atoms with Gasteiger partial charge >= 0.3 is 17.1 Å². The van der Waals surface area contributed by atoms with Crippen LogP contribution in [0.25, 0.3) is 28.4 Å². The molecule has 430 valence electrons. The molecule has 9 aromatic rings. The fourth-order valence-corrected chi connectivity index (χ4v) is 13.2. The molecule has 2 bridgehead atoms. The van der Waals surface area contributed by atoms with Gasteiger partial charge in [-0.05, 0) is 94.9 Å². The summed E-state index contributed by atoms with van der Waals surface area (Å²) in [5, 5.41) is 142. The molecule has 8 aromatic carbocycles. The van der Waals surface area contributed by atoms with Crippen molar-refractivity contribution in [1.29, 1.82) is 0 Å². The molecule has 5 aliphatic heterocycles. The molecule has 10 unspecified atom stereocenters. The predicted octanol–water partition coefficient (Wildman–Crippen LogP) is 11.3. The summed E-state index contributed by atoms with van der Waals surface area (Å²) >= 11 is 0. The Morgan fingerprint density at radius 1 is 0.459 bits per heavy atom. The largest absolute Gasteiger partial charge is 0.507 e. The van der Waals surface area contributed by atoms with Crippen LogP contribution in [-0.2, 0) is 5.79 Å². The van der Waals surface area contributed by atoms with Gasteiger partial charge in [0.05, 0.1) is 17.4 Å². The number of phenols is 9. The van der Waals surface area contributed by atoms with Crippen molar-refractivity contribution in [2.45, 2.75) is 80.9 Å². The summed E-state index contributed by atoms with van der Waals surface area (Å²) in [6, 6.07) is 36.0. The third-order valence-electron chi connectivity index (χ3n) is 17.1. The predicted molar refractivity (Wildman–Crippen MR) is 306 cm³/mol. The Labute approximate surface area is 484 Å². The van der Waals surface area contributed by atoms with E-state index in [0.717, 1.165) is 17.2 Å². The number of aliphatic hydroxyl groups is 3. The number of hydrogen-bond acceptors (Lipinski definition) is 17. The number of rotatable bonds is 6. The standard InChI is InChI=1S/C67H54O18/c1-66(2,3)55-50-43(75)27-42(74)48(63(50)83-59(57(55)78)32-15-20-37(69)40(72)25-32)52-49-44(76)28-47-51(64(49)82-58(56(52)77)31-14-19-36(68)39(71)24-31)53-54-61-34(17-22-46(81-61)30-12-8-5-9-13-30)60-35(18-23-45(80-60)29-10-6-4-7-11-29)62(54)85-67(84-47,65(53)79)33-16-21-38(70)41(73)26-33/h4-28,46,52-53,55-59,65,77-79H,1-3H3,(H8-,68,69,70,71,72,73,74,75,76)/p+1. The van der Waals surface area contributed by atoms with Gasteiger partial charge in [0.25, 0.3) is 0 Å². The first-order valence-corrected chi connectivity index (χ1v) is 27.4. The van der Waals surface area contributed by atoms with Crippen molar-refractivity contribution in [1.82, 2.24) is 0 Å². The van der Waals surface area contributed by atoms with Crippen LogP contribution in [0, 0.1) is 5.41 Å². The van der Waals surface area contributed by atoms with E-state index < -0.39 is 117 Å². The number of aromatic hydroxyl groups is 9. The first-order valence-electron chi connectivity index (χ1n) is 27.4. The normalized spacial score (nSPS) is 24.2. The van der Waals surface area contributed by atoms with E-state index in [-0.39, 0.29) is 73.3 Å². The van der Waals surface area contributed by atoms with Gasteiger partial charge in [-0.15, -0.1) is 0 Å². The lowest BCUT2D eigenvalue weighted by molar-refractivity contribution is -0.218. The second-order valence-corrected chi connectivity index (χ2v) is 23.2. The van der Waals surface area contributed by atoms with E-state index >= 15 is 0 Å². The topological polar surface area (TPSA) is 300 Å². The fraction of sp³-hybridized carbons (Fsp3) is 0.209. The van der Waals surface area contributed by atoms with Gasteiger partial charge < -0.3 is 85.0 Å². The van der Waals surface area contributed by atoms with Crippen LogP contribution in [0.1, 0.15) is 112 Å². The zero-order valence-electron chi connectivity index (χ0n) is 45.4. The molecule has 0 saturated heterocycles. The summed E-state index contributed by atoms with van der Waals surface area (Å²) in [6.45, 7) is 5.44. The summed E-state index contributed by atoms with van der Waals surface area (Å²) in [4.78, 5) is 0. The first-order chi connectivity index (χ1) is 40.7. The molecule has 5 aliphatic rings. The van der Waals surface area contributed by atoms with Crippen LogP contribution in [0.4, 0.5) is 0 Å². The molecule has 85 heavy (non-hydrogen) atoms. The van der Waals surface area contributed by atoms with Crippen LogP contribution < -0.4 is 23.7 Å². The highest BCUT2D eigenvalue weighted by Gasteiger charge is 2.62. The fourth-order valence-electron chi connectivity index (χ4n) is 13.2. The molecule has 0 spiro atoms. The van der Waals surface area contributed by atoms with Crippen molar-refractivity contribution in [2.24, 2.45) is 5.41 Å². The Bertz CT molecular complexity index is 4270. The van der Waals surface area contributed by atoms with Gasteiger partial charge in [-0.25, -0.2) is 4.42 Å². The van der Waals surface area contributed by atoms with Gasteiger partial charge in [0.15, 0.2) is 46.7 Å². The molecular weight excluding hydrogens is 1090 g/mol. The highest BCUT2D eigenvalue weighted by molar-refractivity contribution is 5.98. The van der Waals surface area contributed by atoms with Crippen molar-refractivity contribution >= 4 is 17.0 Å². The minimum Gasteiger partial charge on any atom is -0.507 e. The second-order valence-electron chi connectivity index (χ2n) is 23.2. The Kier molecular flexibility index (Phi) is 11.9. The van der Waals surface area contributed by atoms with Crippen LogP contribution in [0.3, 0.4) is 0 Å². The molecule has 14 rings (SSSR count). The molecule has 1 aromatic heterocycles. The number of aliphatic hydroxyl groups excluding tert-OH is 3. The lowest BCUT2D eigenvalue weighted by Crippen LogP contribution is -2.58. The summed E-state index contributed by atoms with van der Waals surface area (Å²) in [7, 11) is 0. The van der Waals surface area contributed by atoms with E-state index in [1.165, 1.54) is 60.7 Å². The maximum absolute atomic E-state index is 13.6. The summed E-state index contributed by atoms with van der Waals surface area (Å²) in [6.07, 6.45) is -5.18. The van der Waals surface area contributed by atoms with Gasteiger partial charge in [-0.1, -0.05) is 81.4 Å². The Hall–Kier alpha value is -10.0. The smallest absolute Gasteiger partial charge is 0.375 e. The number of fused-ring (bicyclic) bond motifs is 14. The highest BCUT2D eigenvalue weighted by Crippen LogP contribution is 2.68. The highest BCUT2D eigenvalue weighted by atomic mass is 16.7. The average molecular weight is 1150 g/mol. The minimum absolute atomic E-state index is 0.0112. The van der Waals surface area contributed by atoms with Crippen LogP contribution in [-0.4, -0.2) is 79.6 Å². The van der Waals surface area contributed by atoms with Gasteiger partial charge in [-0.2, -0.15) is 0 Å². The van der Waals surface area contributed by atoms with Crippen LogP contribution >= 0.6 is 0 Å². The van der Waals surface area contributed by atoms with Crippen LogP contribution in [0.5, 0.6) is 80.5 Å². The molecule has 0 amide bonds.